The van der Waals surface area contributed by atoms with Crippen molar-refractivity contribution >= 4 is 11.4 Å². The number of nitro groups is 1. The summed E-state index contributed by atoms with van der Waals surface area (Å²) in [6.45, 7) is 3.64. The van der Waals surface area contributed by atoms with E-state index in [1.807, 2.05) is 0 Å². The van der Waals surface area contributed by atoms with Crippen LogP contribution in [0.15, 0.2) is 18.2 Å². The van der Waals surface area contributed by atoms with Gasteiger partial charge in [-0.05, 0) is 26.0 Å². The number of aliphatic hydroxyl groups excluding tert-OH is 1. The summed E-state index contributed by atoms with van der Waals surface area (Å²) in [5.74, 6) is 0.198. The van der Waals surface area contributed by atoms with E-state index in [0.717, 1.165) is 0 Å². The maximum Gasteiger partial charge on any atom is 0.333 e. The molecule has 0 aromatic heterocycles. The summed E-state index contributed by atoms with van der Waals surface area (Å²) in [5, 5.41) is 23.4. The molecular weight excluding hydrogens is 264 g/mol. The van der Waals surface area contributed by atoms with Gasteiger partial charge < -0.3 is 19.9 Å². The molecule has 0 heterocycles. The third-order valence-electron chi connectivity index (χ3n) is 2.49. The van der Waals surface area contributed by atoms with E-state index in [0.29, 0.717) is 5.69 Å². The van der Waals surface area contributed by atoms with Crippen LogP contribution in [-0.4, -0.2) is 42.5 Å². The van der Waals surface area contributed by atoms with Crippen molar-refractivity contribution < 1.29 is 19.5 Å². The van der Waals surface area contributed by atoms with E-state index >= 15 is 0 Å². The van der Waals surface area contributed by atoms with Gasteiger partial charge in [-0.15, -0.1) is 0 Å². The van der Waals surface area contributed by atoms with Crippen LogP contribution in [0, 0.1) is 10.1 Å². The standard InChI is InChI=1S/C13H20N2O5/c1-9(2)20-12-6-4-5-11(13(12)15(17)18)14-10(7-16)8-19-3/h4-6,9-10,14,16H,7-8H2,1-3H3. The monoisotopic (exact) mass is 284 g/mol. The fourth-order valence-corrected chi connectivity index (χ4v) is 1.74. The number of hydrogen-bond acceptors (Lipinski definition) is 6. The Morgan fingerprint density at radius 2 is 2.15 bits per heavy atom. The maximum absolute atomic E-state index is 11.2. The second-order valence-electron chi connectivity index (χ2n) is 4.56. The number of benzene rings is 1. The summed E-state index contributed by atoms with van der Waals surface area (Å²) >= 11 is 0. The molecule has 7 heteroatoms. The minimum atomic E-state index is -0.499. The van der Waals surface area contributed by atoms with Gasteiger partial charge >= 0.3 is 5.69 Å². The molecule has 2 N–H and O–H groups in total. The lowest BCUT2D eigenvalue weighted by atomic mass is 10.2. The molecule has 0 saturated carbocycles. The zero-order valence-corrected chi connectivity index (χ0v) is 11.8. The molecule has 1 aromatic rings. The maximum atomic E-state index is 11.2. The highest BCUT2D eigenvalue weighted by Gasteiger charge is 2.23. The number of para-hydroxylation sites is 1. The largest absolute Gasteiger partial charge is 0.484 e. The molecule has 0 aliphatic rings. The number of rotatable bonds is 8. The van der Waals surface area contributed by atoms with E-state index in [1.165, 1.54) is 7.11 Å². The highest BCUT2D eigenvalue weighted by Crippen LogP contribution is 2.35. The second kappa shape index (κ2) is 7.66. The lowest BCUT2D eigenvalue weighted by Gasteiger charge is -2.18. The topological polar surface area (TPSA) is 93.9 Å². The number of nitrogens with one attached hydrogen (secondary N) is 1. The van der Waals surface area contributed by atoms with E-state index in [4.69, 9.17) is 9.47 Å². The van der Waals surface area contributed by atoms with Crippen LogP contribution in [0.5, 0.6) is 5.75 Å². The quantitative estimate of drug-likeness (QED) is 0.558. The van der Waals surface area contributed by atoms with Gasteiger partial charge in [0.2, 0.25) is 0 Å². The van der Waals surface area contributed by atoms with Crippen LogP contribution >= 0.6 is 0 Å². The Balaban J connectivity index is 3.08. The number of nitrogens with zero attached hydrogens (tertiary/aromatic N) is 1. The first kappa shape index (κ1) is 16.2. The van der Waals surface area contributed by atoms with Gasteiger partial charge in [0.25, 0.3) is 0 Å². The van der Waals surface area contributed by atoms with Crippen LogP contribution in [-0.2, 0) is 4.74 Å². The number of anilines is 1. The lowest BCUT2D eigenvalue weighted by molar-refractivity contribution is -0.385. The molecule has 20 heavy (non-hydrogen) atoms. The lowest BCUT2D eigenvalue weighted by Crippen LogP contribution is -2.29. The predicted octanol–water partition coefficient (Wildman–Crippen LogP) is 1.80. The van der Waals surface area contributed by atoms with Crippen molar-refractivity contribution in [2.24, 2.45) is 0 Å². The van der Waals surface area contributed by atoms with Gasteiger partial charge in [-0.2, -0.15) is 0 Å². The zero-order chi connectivity index (χ0) is 15.1. The first-order chi connectivity index (χ1) is 9.49. The van der Waals surface area contributed by atoms with Crippen LogP contribution in [0.25, 0.3) is 0 Å². The van der Waals surface area contributed by atoms with Gasteiger partial charge in [0, 0.05) is 7.11 Å². The molecule has 1 unspecified atom stereocenters. The summed E-state index contributed by atoms with van der Waals surface area (Å²) in [4.78, 5) is 10.7. The molecule has 0 fully saturated rings. The molecule has 0 aliphatic carbocycles. The van der Waals surface area contributed by atoms with Crippen LogP contribution in [0.4, 0.5) is 11.4 Å². The molecule has 0 saturated heterocycles. The SMILES string of the molecule is COCC(CO)Nc1cccc(OC(C)C)c1[N+](=O)[O-]. The van der Waals surface area contributed by atoms with Crippen molar-refractivity contribution in [1.82, 2.24) is 0 Å². The van der Waals surface area contributed by atoms with E-state index < -0.39 is 11.0 Å². The average Bonchev–Trinajstić information content (AvgIpc) is 2.37. The minimum Gasteiger partial charge on any atom is -0.484 e. The Labute approximate surface area is 117 Å². The van der Waals surface area contributed by atoms with E-state index in [1.54, 1.807) is 32.0 Å². The molecule has 112 valence electrons. The zero-order valence-electron chi connectivity index (χ0n) is 11.8. The number of methoxy groups -OCH3 is 1. The summed E-state index contributed by atoms with van der Waals surface area (Å²) < 4.78 is 10.4. The van der Waals surface area contributed by atoms with Gasteiger partial charge in [0.15, 0.2) is 5.75 Å². The molecule has 0 spiro atoms. The Bertz CT molecular complexity index is 450. The van der Waals surface area contributed by atoms with Crippen molar-refractivity contribution in [3.05, 3.63) is 28.3 Å². The molecule has 1 atom stereocenters. The molecule has 0 radical (unpaired) electrons. The third kappa shape index (κ3) is 4.36. The number of hydrogen-bond donors (Lipinski definition) is 2. The van der Waals surface area contributed by atoms with Crippen LogP contribution in [0.2, 0.25) is 0 Å². The van der Waals surface area contributed by atoms with E-state index in [-0.39, 0.29) is 30.8 Å². The van der Waals surface area contributed by atoms with Gasteiger partial charge in [0.1, 0.15) is 5.69 Å². The molecule has 0 bridgehead atoms. The van der Waals surface area contributed by atoms with Crippen molar-refractivity contribution in [3.8, 4) is 5.75 Å². The van der Waals surface area contributed by atoms with Gasteiger partial charge in [-0.3, -0.25) is 10.1 Å². The van der Waals surface area contributed by atoms with Crippen molar-refractivity contribution in [1.29, 1.82) is 0 Å². The van der Waals surface area contributed by atoms with Gasteiger partial charge in [-0.1, -0.05) is 6.07 Å². The molecule has 1 aromatic carbocycles. The smallest absolute Gasteiger partial charge is 0.333 e. The number of nitro benzene ring substituents is 1. The Morgan fingerprint density at radius 3 is 2.65 bits per heavy atom. The number of ether oxygens (including phenoxy) is 2. The van der Waals surface area contributed by atoms with Crippen LogP contribution < -0.4 is 10.1 Å². The summed E-state index contributed by atoms with van der Waals surface area (Å²) in [7, 11) is 1.50. The fourth-order valence-electron chi connectivity index (χ4n) is 1.74. The average molecular weight is 284 g/mol. The third-order valence-corrected chi connectivity index (χ3v) is 2.49. The Kier molecular flexibility index (Phi) is 6.20. The highest BCUT2D eigenvalue weighted by molar-refractivity contribution is 5.68. The molecule has 7 nitrogen and oxygen atoms in total. The Morgan fingerprint density at radius 1 is 1.45 bits per heavy atom. The van der Waals surface area contributed by atoms with E-state index in [9.17, 15) is 15.2 Å². The molecule has 0 aliphatic heterocycles. The summed E-state index contributed by atoms with van der Waals surface area (Å²) in [6, 6.07) is 4.36. The van der Waals surface area contributed by atoms with Crippen LogP contribution in [0.3, 0.4) is 0 Å². The van der Waals surface area contributed by atoms with E-state index in [2.05, 4.69) is 5.32 Å². The van der Waals surface area contributed by atoms with Crippen molar-refractivity contribution in [2.75, 3.05) is 25.6 Å². The van der Waals surface area contributed by atoms with Crippen molar-refractivity contribution in [2.45, 2.75) is 26.0 Å². The van der Waals surface area contributed by atoms with Gasteiger partial charge in [-0.25, -0.2) is 0 Å². The predicted molar refractivity (Wildman–Crippen MR) is 75.2 cm³/mol. The molecule has 1 rings (SSSR count). The fraction of sp³-hybridized carbons (Fsp3) is 0.538. The van der Waals surface area contributed by atoms with Crippen molar-refractivity contribution in [3.63, 3.8) is 0 Å². The normalized spacial score (nSPS) is 12.2. The number of aliphatic hydroxyl groups is 1. The summed E-state index contributed by atoms with van der Waals surface area (Å²) in [6.07, 6.45) is -0.170. The highest BCUT2D eigenvalue weighted by atomic mass is 16.6. The first-order valence-electron chi connectivity index (χ1n) is 6.30. The second-order valence-corrected chi connectivity index (χ2v) is 4.56. The summed E-state index contributed by atoms with van der Waals surface area (Å²) in [5.41, 5.74) is 0.153. The van der Waals surface area contributed by atoms with Gasteiger partial charge in [0.05, 0.1) is 30.3 Å². The van der Waals surface area contributed by atoms with Crippen LogP contribution in [0.1, 0.15) is 13.8 Å². The Hall–Kier alpha value is -1.86. The minimum absolute atomic E-state index is 0.143. The molecular formula is C13H20N2O5. The molecule has 0 amide bonds. The first-order valence-corrected chi connectivity index (χ1v) is 6.30.